The third kappa shape index (κ3) is 4.54. The second-order valence-corrected chi connectivity index (χ2v) is 4.45. The van der Waals surface area contributed by atoms with Gasteiger partial charge >= 0.3 is 0 Å². The van der Waals surface area contributed by atoms with Gasteiger partial charge in [0.05, 0.1) is 18.1 Å². The van der Waals surface area contributed by atoms with E-state index in [1.165, 1.54) is 19.2 Å². The SMILES string of the molecule is CCCCC[C@@H](N)c1cc([N+](=O)[O-])cc(OC)c1O.Cl. The molecular weight excluding hydrogens is 284 g/mol. The number of methoxy groups -OCH3 is 1. The molecule has 0 spiro atoms. The predicted molar refractivity (Wildman–Crippen MR) is 79.6 cm³/mol. The number of phenolic OH excluding ortho intramolecular Hbond substituents is 1. The van der Waals surface area contributed by atoms with E-state index in [9.17, 15) is 15.2 Å². The number of nitrogens with two attached hydrogens (primary N) is 1. The third-order valence-corrected chi connectivity index (χ3v) is 3.04. The molecule has 0 aromatic heterocycles. The predicted octanol–water partition coefficient (Wildman–Crippen LogP) is 3.31. The van der Waals surface area contributed by atoms with Crippen LogP contribution in [0.2, 0.25) is 0 Å². The third-order valence-electron chi connectivity index (χ3n) is 3.04. The fourth-order valence-corrected chi connectivity index (χ4v) is 1.93. The molecule has 0 unspecified atom stereocenters. The van der Waals surface area contributed by atoms with Gasteiger partial charge in [-0.3, -0.25) is 10.1 Å². The van der Waals surface area contributed by atoms with Crippen LogP contribution in [0.25, 0.3) is 0 Å². The van der Waals surface area contributed by atoms with Crippen molar-refractivity contribution in [2.45, 2.75) is 38.6 Å². The van der Waals surface area contributed by atoms with Crippen LogP contribution >= 0.6 is 12.4 Å². The summed E-state index contributed by atoms with van der Waals surface area (Å²) in [6.45, 7) is 2.08. The Morgan fingerprint density at radius 1 is 1.45 bits per heavy atom. The first-order chi connectivity index (χ1) is 9.01. The highest BCUT2D eigenvalue weighted by Crippen LogP contribution is 2.38. The van der Waals surface area contributed by atoms with Gasteiger partial charge in [0, 0.05) is 17.7 Å². The molecule has 1 atom stereocenters. The molecule has 0 aliphatic rings. The molecule has 1 aromatic rings. The van der Waals surface area contributed by atoms with Crippen molar-refractivity contribution in [2.24, 2.45) is 5.73 Å². The van der Waals surface area contributed by atoms with E-state index >= 15 is 0 Å². The minimum Gasteiger partial charge on any atom is -0.504 e. The van der Waals surface area contributed by atoms with E-state index in [2.05, 4.69) is 6.92 Å². The summed E-state index contributed by atoms with van der Waals surface area (Å²) in [5, 5.41) is 20.8. The first kappa shape index (κ1) is 18.5. The lowest BCUT2D eigenvalue weighted by Gasteiger charge is -2.15. The zero-order valence-electron chi connectivity index (χ0n) is 11.7. The lowest BCUT2D eigenvalue weighted by Crippen LogP contribution is -2.11. The summed E-state index contributed by atoms with van der Waals surface area (Å²) in [6.07, 6.45) is 3.70. The Balaban J connectivity index is 0.00000361. The number of aromatic hydroxyl groups is 1. The number of hydrogen-bond donors (Lipinski definition) is 2. The Morgan fingerprint density at radius 2 is 2.10 bits per heavy atom. The van der Waals surface area contributed by atoms with E-state index in [0.29, 0.717) is 12.0 Å². The summed E-state index contributed by atoms with van der Waals surface area (Å²) >= 11 is 0. The normalized spacial score (nSPS) is 11.6. The van der Waals surface area contributed by atoms with Crippen molar-refractivity contribution < 1.29 is 14.8 Å². The average molecular weight is 305 g/mol. The number of non-ortho nitro benzene ring substituents is 1. The van der Waals surface area contributed by atoms with Gasteiger partial charge in [0.2, 0.25) is 0 Å². The smallest absolute Gasteiger partial charge is 0.273 e. The highest BCUT2D eigenvalue weighted by molar-refractivity contribution is 5.85. The van der Waals surface area contributed by atoms with Gasteiger partial charge in [0.1, 0.15) is 0 Å². The van der Waals surface area contributed by atoms with E-state index in [0.717, 1.165) is 19.3 Å². The fourth-order valence-electron chi connectivity index (χ4n) is 1.93. The molecule has 0 amide bonds. The number of unbranched alkanes of at least 4 members (excludes halogenated alkanes) is 2. The monoisotopic (exact) mass is 304 g/mol. The zero-order valence-corrected chi connectivity index (χ0v) is 12.5. The summed E-state index contributed by atoms with van der Waals surface area (Å²) in [6, 6.07) is 2.08. The van der Waals surface area contributed by atoms with Crippen molar-refractivity contribution >= 4 is 18.1 Å². The number of nitrogens with zero attached hydrogens (tertiary/aromatic N) is 1. The van der Waals surface area contributed by atoms with Gasteiger partial charge in [-0.2, -0.15) is 0 Å². The lowest BCUT2D eigenvalue weighted by atomic mass is 9.99. The van der Waals surface area contributed by atoms with Crippen LogP contribution in [-0.2, 0) is 0 Å². The number of phenols is 1. The lowest BCUT2D eigenvalue weighted by molar-refractivity contribution is -0.385. The maximum atomic E-state index is 10.8. The molecule has 3 N–H and O–H groups in total. The summed E-state index contributed by atoms with van der Waals surface area (Å²) in [7, 11) is 1.35. The first-order valence-electron chi connectivity index (χ1n) is 6.32. The van der Waals surface area contributed by atoms with Gasteiger partial charge < -0.3 is 15.6 Å². The number of nitro benzene ring substituents is 1. The molecule has 0 saturated carbocycles. The number of nitro groups is 1. The summed E-state index contributed by atoms with van der Waals surface area (Å²) in [5.41, 5.74) is 6.23. The summed E-state index contributed by atoms with van der Waals surface area (Å²) in [4.78, 5) is 10.3. The molecule has 0 fully saturated rings. The second kappa shape index (κ2) is 8.60. The molecule has 0 radical (unpaired) electrons. The Kier molecular flexibility index (Phi) is 7.94. The van der Waals surface area contributed by atoms with Gasteiger partial charge in [-0.1, -0.05) is 26.2 Å². The van der Waals surface area contributed by atoms with Crippen LogP contribution in [0, 0.1) is 10.1 Å². The fraction of sp³-hybridized carbons (Fsp3) is 0.538. The van der Waals surface area contributed by atoms with Crippen molar-refractivity contribution in [3.05, 3.63) is 27.8 Å². The van der Waals surface area contributed by atoms with Crippen molar-refractivity contribution in [2.75, 3.05) is 7.11 Å². The number of halogens is 1. The van der Waals surface area contributed by atoms with Gasteiger partial charge in [-0.25, -0.2) is 0 Å². The quantitative estimate of drug-likeness (QED) is 0.457. The highest BCUT2D eigenvalue weighted by atomic mass is 35.5. The molecule has 1 rings (SSSR count). The second-order valence-electron chi connectivity index (χ2n) is 4.45. The molecule has 0 aliphatic carbocycles. The Labute approximate surface area is 124 Å². The van der Waals surface area contributed by atoms with Crippen LogP contribution in [0.1, 0.15) is 44.2 Å². The Morgan fingerprint density at radius 3 is 2.60 bits per heavy atom. The van der Waals surface area contributed by atoms with Crippen molar-refractivity contribution in [1.82, 2.24) is 0 Å². The minimum absolute atomic E-state index is 0. The Hall–Kier alpha value is -1.53. The molecular formula is C13H21ClN2O4. The highest BCUT2D eigenvalue weighted by Gasteiger charge is 2.20. The topological polar surface area (TPSA) is 98.6 Å². The molecule has 20 heavy (non-hydrogen) atoms. The largest absolute Gasteiger partial charge is 0.504 e. The molecule has 7 heteroatoms. The summed E-state index contributed by atoms with van der Waals surface area (Å²) in [5.74, 6) is -0.0350. The molecule has 6 nitrogen and oxygen atoms in total. The van der Waals surface area contributed by atoms with E-state index in [-0.39, 0.29) is 29.6 Å². The first-order valence-corrected chi connectivity index (χ1v) is 6.32. The van der Waals surface area contributed by atoms with Crippen LogP contribution in [0.5, 0.6) is 11.5 Å². The van der Waals surface area contributed by atoms with Crippen LogP contribution < -0.4 is 10.5 Å². The van der Waals surface area contributed by atoms with Crippen LogP contribution in [0.3, 0.4) is 0 Å². The minimum atomic E-state index is -0.524. The number of hydrogen-bond acceptors (Lipinski definition) is 5. The number of benzene rings is 1. The molecule has 1 aromatic carbocycles. The van der Waals surface area contributed by atoms with Crippen molar-refractivity contribution in [3.63, 3.8) is 0 Å². The molecule has 0 aliphatic heterocycles. The molecule has 0 bridgehead atoms. The van der Waals surface area contributed by atoms with Crippen LogP contribution in [0.4, 0.5) is 5.69 Å². The number of ether oxygens (including phenoxy) is 1. The maximum Gasteiger partial charge on any atom is 0.273 e. The van der Waals surface area contributed by atoms with Gasteiger partial charge in [0.25, 0.3) is 5.69 Å². The van der Waals surface area contributed by atoms with E-state index in [1.54, 1.807) is 0 Å². The molecule has 0 heterocycles. The van der Waals surface area contributed by atoms with E-state index < -0.39 is 11.0 Å². The van der Waals surface area contributed by atoms with Crippen LogP contribution in [0.15, 0.2) is 12.1 Å². The van der Waals surface area contributed by atoms with Gasteiger partial charge in [0.15, 0.2) is 11.5 Å². The standard InChI is InChI=1S/C13H20N2O4.ClH/c1-3-4-5-6-11(14)10-7-9(15(17)18)8-12(19-2)13(10)16;/h7-8,11,16H,3-6,14H2,1-2H3;1H/t11-;/m1./s1. The molecule has 0 saturated heterocycles. The van der Waals surface area contributed by atoms with Gasteiger partial charge in [-0.15, -0.1) is 12.4 Å². The maximum absolute atomic E-state index is 10.8. The van der Waals surface area contributed by atoms with E-state index in [1.807, 2.05) is 0 Å². The average Bonchev–Trinajstić information content (AvgIpc) is 2.38. The van der Waals surface area contributed by atoms with E-state index in [4.69, 9.17) is 10.5 Å². The van der Waals surface area contributed by atoms with Gasteiger partial charge in [-0.05, 0) is 6.42 Å². The van der Waals surface area contributed by atoms with Crippen molar-refractivity contribution in [3.8, 4) is 11.5 Å². The molecule has 114 valence electrons. The van der Waals surface area contributed by atoms with Crippen molar-refractivity contribution in [1.29, 1.82) is 0 Å². The number of rotatable bonds is 7. The van der Waals surface area contributed by atoms with Crippen LogP contribution in [-0.4, -0.2) is 17.1 Å². The summed E-state index contributed by atoms with van der Waals surface area (Å²) < 4.78 is 4.94. The zero-order chi connectivity index (χ0) is 14.4. The Bertz CT molecular complexity index is 454.